The summed E-state index contributed by atoms with van der Waals surface area (Å²) < 4.78 is 5.22. The van der Waals surface area contributed by atoms with E-state index in [-0.39, 0.29) is 5.75 Å². The maximum absolute atomic E-state index is 9.87. The maximum Gasteiger partial charge on any atom is 0.236 e. The van der Waals surface area contributed by atoms with E-state index in [1.807, 2.05) is 35.2 Å². The molecule has 4 rings (SSSR count). The van der Waals surface area contributed by atoms with Gasteiger partial charge in [0.15, 0.2) is 5.65 Å². The van der Waals surface area contributed by atoms with Crippen LogP contribution in [0, 0.1) is 0 Å². The molecule has 0 radical (unpaired) electrons. The summed E-state index contributed by atoms with van der Waals surface area (Å²) in [7, 11) is 1.62. The Morgan fingerprint density at radius 3 is 2.64 bits per heavy atom. The van der Waals surface area contributed by atoms with E-state index in [2.05, 4.69) is 20.2 Å². The van der Waals surface area contributed by atoms with E-state index in [0.717, 1.165) is 22.5 Å². The number of aromatic hydroxyl groups is 1. The molecule has 0 amide bonds. The highest BCUT2D eigenvalue weighted by molar-refractivity contribution is 5.78. The number of fused-ring (bicyclic) bond motifs is 1. The number of nitrogens with one attached hydrogen (secondary N) is 1. The molecular weight excluding hydrogens is 318 g/mol. The standard InChI is InChI=1S/C18H15N5O2/c1-25-16-7-5-13(6-8-16)23(14-3-2-4-15(24)9-14)18-19-10-12-11-20-22-17(12)21-18/h2-11,24H,1H3,(H,19,20,21,22). The van der Waals surface area contributed by atoms with Gasteiger partial charge in [-0.1, -0.05) is 6.07 Å². The Kier molecular flexibility index (Phi) is 3.66. The molecule has 2 aromatic carbocycles. The average Bonchev–Trinajstić information content (AvgIpc) is 3.10. The molecule has 2 heterocycles. The number of methoxy groups -OCH3 is 1. The van der Waals surface area contributed by atoms with E-state index < -0.39 is 0 Å². The van der Waals surface area contributed by atoms with Gasteiger partial charge in [-0.3, -0.25) is 10.00 Å². The largest absolute Gasteiger partial charge is 0.508 e. The lowest BCUT2D eigenvalue weighted by molar-refractivity contribution is 0.415. The molecule has 0 saturated heterocycles. The van der Waals surface area contributed by atoms with E-state index in [4.69, 9.17) is 4.74 Å². The monoisotopic (exact) mass is 333 g/mol. The van der Waals surface area contributed by atoms with Crippen LogP contribution in [-0.2, 0) is 0 Å². The Labute approximate surface area is 143 Å². The zero-order valence-electron chi connectivity index (χ0n) is 13.4. The number of ether oxygens (including phenoxy) is 1. The molecule has 0 unspecified atom stereocenters. The maximum atomic E-state index is 9.87. The summed E-state index contributed by atoms with van der Waals surface area (Å²) in [5.41, 5.74) is 2.22. The second-order valence-corrected chi connectivity index (χ2v) is 5.40. The molecule has 0 aliphatic carbocycles. The third-order valence-corrected chi connectivity index (χ3v) is 3.80. The van der Waals surface area contributed by atoms with Crippen LogP contribution in [-0.4, -0.2) is 32.4 Å². The molecule has 0 aliphatic rings. The van der Waals surface area contributed by atoms with E-state index >= 15 is 0 Å². The smallest absolute Gasteiger partial charge is 0.236 e. The average molecular weight is 333 g/mol. The summed E-state index contributed by atoms with van der Waals surface area (Å²) in [6.45, 7) is 0. The van der Waals surface area contributed by atoms with Gasteiger partial charge in [0.2, 0.25) is 5.95 Å². The zero-order chi connectivity index (χ0) is 17.2. The van der Waals surface area contributed by atoms with Crippen LogP contribution in [0.25, 0.3) is 11.0 Å². The fourth-order valence-corrected chi connectivity index (χ4v) is 2.58. The van der Waals surface area contributed by atoms with Crippen molar-refractivity contribution in [1.82, 2.24) is 20.2 Å². The number of rotatable bonds is 4. The molecule has 0 bridgehead atoms. The first kappa shape index (κ1) is 14.9. The van der Waals surface area contributed by atoms with Gasteiger partial charge in [0.25, 0.3) is 0 Å². The quantitative estimate of drug-likeness (QED) is 0.594. The number of phenolic OH excluding ortho intramolecular Hbond substituents is 1. The zero-order valence-corrected chi connectivity index (χ0v) is 13.4. The van der Waals surface area contributed by atoms with Crippen molar-refractivity contribution in [2.75, 3.05) is 12.0 Å². The van der Waals surface area contributed by atoms with E-state index in [1.54, 1.807) is 37.7 Å². The van der Waals surface area contributed by atoms with Crippen LogP contribution >= 0.6 is 0 Å². The minimum atomic E-state index is 0.165. The number of benzene rings is 2. The molecule has 4 aromatic rings. The summed E-state index contributed by atoms with van der Waals surface area (Å²) in [4.78, 5) is 10.8. The van der Waals surface area contributed by atoms with Crippen molar-refractivity contribution in [2.24, 2.45) is 0 Å². The molecule has 0 atom stereocenters. The second kappa shape index (κ2) is 6.12. The highest BCUT2D eigenvalue weighted by Crippen LogP contribution is 2.34. The van der Waals surface area contributed by atoms with Crippen molar-refractivity contribution in [2.45, 2.75) is 0 Å². The number of aromatic nitrogens is 4. The number of hydrogen-bond donors (Lipinski definition) is 2. The third-order valence-electron chi connectivity index (χ3n) is 3.80. The van der Waals surface area contributed by atoms with E-state index in [9.17, 15) is 5.11 Å². The van der Waals surface area contributed by atoms with Crippen LogP contribution in [0.2, 0.25) is 0 Å². The lowest BCUT2D eigenvalue weighted by Crippen LogP contribution is -2.13. The minimum absolute atomic E-state index is 0.165. The van der Waals surface area contributed by atoms with Crippen molar-refractivity contribution in [3.05, 3.63) is 60.9 Å². The summed E-state index contributed by atoms with van der Waals surface area (Å²) >= 11 is 0. The number of anilines is 3. The number of hydrogen-bond acceptors (Lipinski definition) is 6. The molecule has 2 N–H and O–H groups in total. The van der Waals surface area contributed by atoms with Crippen LogP contribution in [0.4, 0.5) is 17.3 Å². The van der Waals surface area contributed by atoms with Crippen LogP contribution < -0.4 is 9.64 Å². The fraction of sp³-hybridized carbons (Fsp3) is 0.0556. The molecule has 0 fully saturated rings. The summed E-state index contributed by atoms with van der Waals surface area (Å²) in [6.07, 6.45) is 3.38. The first-order chi connectivity index (χ1) is 12.2. The van der Waals surface area contributed by atoms with Gasteiger partial charge >= 0.3 is 0 Å². The summed E-state index contributed by atoms with van der Waals surface area (Å²) in [5, 5.41) is 17.5. The minimum Gasteiger partial charge on any atom is -0.508 e. The molecule has 0 saturated carbocycles. The number of nitrogens with zero attached hydrogens (tertiary/aromatic N) is 4. The molecule has 124 valence electrons. The van der Waals surface area contributed by atoms with Crippen LogP contribution in [0.5, 0.6) is 11.5 Å². The van der Waals surface area contributed by atoms with E-state index in [1.165, 1.54) is 0 Å². The Hall–Kier alpha value is -3.61. The second-order valence-electron chi connectivity index (χ2n) is 5.40. The first-order valence-corrected chi connectivity index (χ1v) is 7.64. The van der Waals surface area contributed by atoms with Crippen molar-refractivity contribution in [3.8, 4) is 11.5 Å². The van der Waals surface area contributed by atoms with Gasteiger partial charge in [0, 0.05) is 18.0 Å². The van der Waals surface area contributed by atoms with Crippen molar-refractivity contribution in [1.29, 1.82) is 0 Å². The number of aromatic amines is 1. The highest BCUT2D eigenvalue weighted by atomic mass is 16.5. The van der Waals surface area contributed by atoms with E-state index in [0.29, 0.717) is 11.6 Å². The summed E-state index contributed by atoms with van der Waals surface area (Å²) in [5.74, 6) is 1.38. The third kappa shape index (κ3) is 2.83. The molecule has 7 nitrogen and oxygen atoms in total. The van der Waals surface area contributed by atoms with Gasteiger partial charge in [-0.15, -0.1) is 0 Å². The Morgan fingerprint density at radius 2 is 1.88 bits per heavy atom. The van der Waals surface area contributed by atoms with Crippen LogP contribution in [0.1, 0.15) is 0 Å². The molecular formula is C18H15N5O2. The van der Waals surface area contributed by atoms with Crippen LogP contribution in [0.3, 0.4) is 0 Å². The highest BCUT2D eigenvalue weighted by Gasteiger charge is 2.16. The first-order valence-electron chi connectivity index (χ1n) is 7.64. The predicted octanol–water partition coefficient (Wildman–Crippen LogP) is 3.54. The van der Waals surface area contributed by atoms with Gasteiger partial charge in [0.1, 0.15) is 11.5 Å². The molecule has 0 spiro atoms. The number of phenols is 1. The van der Waals surface area contributed by atoms with Gasteiger partial charge < -0.3 is 9.84 Å². The lowest BCUT2D eigenvalue weighted by atomic mass is 10.2. The molecule has 25 heavy (non-hydrogen) atoms. The Bertz CT molecular complexity index is 1010. The molecule has 7 heteroatoms. The Balaban J connectivity index is 1.87. The van der Waals surface area contributed by atoms with Crippen LogP contribution in [0.15, 0.2) is 60.9 Å². The van der Waals surface area contributed by atoms with Crippen molar-refractivity contribution < 1.29 is 9.84 Å². The Morgan fingerprint density at radius 1 is 1.04 bits per heavy atom. The number of H-pyrrole nitrogens is 1. The van der Waals surface area contributed by atoms with Crippen molar-refractivity contribution in [3.63, 3.8) is 0 Å². The van der Waals surface area contributed by atoms with Gasteiger partial charge in [-0.25, -0.2) is 4.98 Å². The van der Waals surface area contributed by atoms with Gasteiger partial charge in [0.05, 0.1) is 24.4 Å². The fourth-order valence-electron chi connectivity index (χ4n) is 2.58. The summed E-state index contributed by atoms with van der Waals surface area (Å²) in [6, 6.07) is 14.5. The molecule has 2 aromatic heterocycles. The van der Waals surface area contributed by atoms with Gasteiger partial charge in [-0.2, -0.15) is 10.1 Å². The molecule has 0 aliphatic heterocycles. The van der Waals surface area contributed by atoms with Gasteiger partial charge in [-0.05, 0) is 36.4 Å². The predicted molar refractivity (Wildman–Crippen MR) is 94.6 cm³/mol. The van der Waals surface area contributed by atoms with Crippen molar-refractivity contribution >= 4 is 28.4 Å². The lowest BCUT2D eigenvalue weighted by Gasteiger charge is -2.23. The SMILES string of the molecule is COc1ccc(N(c2cccc(O)c2)c2ncc3cn[nH]c3n2)cc1. The normalized spacial score (nSPS) is 10.8. The topological polar surface area (TPSA) is 87.2 Å².